The van der Waals surface area contributed by atoms with Crippen LogP contribution in [0.3, 0.4) is 0 Å². The summed E-state index contributed by atoms with van der Waals surface area (Å²) in [5.41, 5.74) is 6.78. The van der Waals surface area contributed by atoms with Gasteiger partial charge in [0.15, 0.2) is 0 Å². The second-order valence-corrected chi connectivity index (χ2v) is 4.64. The van der Waals surface area contributed by atoms with Gasteiger partial charge in [0, 0.05) is 24.1 Å². The Kier molecular flexibility index (Phi) is 3.99. The fraction of sp³-hybridized carbons (Fsp3) is 0.167. The van der Waals surface area contributed by atoms with Gasteiger partial charge in [-0.05, 0) is 17.7 Å². The predicted molar refractivity (Wildman–Crippen MR) is 77.5 cm³/mol. The summed E-state index contributed by atoms with van der Waals surface area (Å²) in [5.74, 6) is 1.65. The molecule has 0 aliphatic rings. The first-order chi connectivity index (χ1) is 8.67. The first kappa shape index (κ1) is 12.6. The van der Waals surface area contributed by atoms with E-state index < -0.39 is 0 Å². The Hall–Kier alpha value is -1.82. The highest BCUT2D eigenvalue weighted by atomic mass is 79.9. The van der Waals surface area contributed by atoms with Crippen LogP contribution in [0.4, 0.5) is 17.6 Å². The smallest absolute Gasteiger partial charge is 0.223 e. The number of rotatable bonds is 4. The highest BCUT2D eigenvalue weighted by Crippen LogP contribution is 2.14. The van der Waals surface area contributed by atoms with Gasteiger partial charge in [-0.3, -0.25) is 0 Å². The molecule has 0 aliphatic heterocycles. The maximum absolute atomic E-state index is 5.62. The number of nitrogens with zero attached hydrogens (tertiary/aromatic N) is 2. The van der Waals surface area contributed by atoms with Gasteiger partial charge in [0.2, 0.25) is 5.95 Å². The minimum atomic E-state index is 0.250. The quantitative estimate of drug-likeness (QED) is 0.809. The number of hydrogen-bond acceptors (Lipinski definition) is 5. The highest BCUT2D eigenvalue weighted by molar-refractivity contribution is 9.10. The molecule has 0 amide bonds. The Morgan fingerprint density at radius 3 is 2.50 bits per heavy atom. The lowest BCUT2D eigenvalue weighted by Crippen LogP contribution is -2.06. The van der Waals surface area contributed by atoms with Gasteiger partial charge >= 0.3 is 0 Å². The van der Waals surface area contributed by atoms with Crippen LogP contribution < -0.4 is 16.4 Å². The lowest BCUT2D eigenvalue weighted by molar-refractivity contribution is 1.09. The molecule has 0 bridgehead atoms. The summed E-state index contributed by atoms with van der Waals surface area (Å²) in [6.45, 7) is 0.687. The van der Waals surface area contributed by atoms with Gasteiger partial charge in [0.1, 0.15) is 11.6 Å². The average molecular weight is 308 g/mol. The lowest BCUT2D eigenvalue weighted by atomic mass is 10.2. The number of benzene rings is 1. The number of hydrogen-bond donors (Lipinski definition) is 3. The van der Waals surface area contributed by atoms with E-state index in [-0.39, 0.29) is 5.95 Å². The summed E-state index contributed by atoms with van der Waals surface area (Å²) in [4.78, 5) is 8.15. The maximum atomic E-state index is 5.62. The fourth-order valence-corrected chi connectivity index (χ4v) is 1.74. The normalized spacial score (nSPS) is 10.1. The molecule has 6 heteroatoms. The molecular weight excluding hydrogens is 294 g/mol. The van der Waals surface area contributed by atoms with Crippen molar-refractivity contribution < 1.29 is 0 Å². The summed E-state index contributed by atoms with van der Waals surface area (Å²) >= 11 is 3.40. The maximum Gasteiger partial charge on any atom is 0.223 e. The van der Waals surface area contributed by atoms with E-state index in [0.717, 1.165) is 4.47 Å². The van der Waals surface area contributed by atoms with E-state index in [0.29, 0.717) is 18.2 Å². The zero-order chi connectivity index (χ0) is 13.0. The van der Waals surface area contributed by atoms with Gasteiger partial charge in [0.05, 0.1) is 0 Å². The summed E-state index contributed by atoms with van der Waals surface area (Å²) < 4.78 is 1.06. The molecular formula is C12H14BrN5. The second kappa shape index (κ2) is 5.68. The summed E-state index contributed by atoms with van der Waals surface area (Å²) in [6, 6.07) is 9.91. The zero-order valence-corrected chi connectivity index (χ0v) is 11.5. The van der Waals surface area contributed by atoms with Crippen molar-refractivity contribution in [3.8, 4) is 0 Å². The summed E-state index contributed by atoms with van der Waals surface area (Å²) in [6.07, 6.45) is 0. The highest BCUT2D eigenvalue weighted by Gasteiger charge is 2.01. The number of nitrogen functional groups attached to an aromatic ring is 1. The third-order valence-electron chi connectivity index (χ3n) is 2.39. The van der Waals surface area contributed by atoms with Gasteiger partial charge in [-0.1, -0.05) is 28.1 Å². The van der Waals surface area contributed by atoms with Crippen LogP contribution in [-0.4, -0.2) is 17.0 Å². The van der Waals surface area contributed by atoms with Gasteiger partial charge in [-0.25, -0.2) is 0 Å². The molecule has 18 heavy (non-hydrogen) atoms. The molecule has 0 unspecified atom stereocenters. The molecule has 2 rings (SSSR count). The molecule has 94 valence electrons. The third-order valence-corrected chi connectivity index (χ3v) is 2.92. The van der Waals surface area contributed by atoms with Crippen molar-refractivity contribution in [1.29, 1.82) is 0 Å². The standard InChI is InChI=1S/C12H14BrN5/c1-15-10-6-11(18-12(14)17-10)16-7-8-2-4-9(13)5-3-8/h2-6H,7H2,1H3,(H4,14,15,16,17,18). The Morgan fingerprint density at radius 2 is 1.83 bits per heavy atom. The summed E-state index contributed by atoms with van der Waals surface area (Å²) in [5, 5.41) is 6.15. The first-order valence-electron chi connectivity index (χ1n) is 5.48. The molecule has 0 aliphatic carbocycles. The monoisotopic (exact) mass is 307 g/mol. The lowest BCUT2D eigenvalue weighted by Gasteiger charge is -2.08. The van der Waals surface area contributed by atoms with E-state index >= 15 is 0 Å². The van der Waals surface area contributed by atoms with Crippen molar-refractivity contribution in [2.45, 2.75) is 6.54 Å². The molecule has 0 radical (unpaired) electrons. The van der Waals surface area contributed by atoms with Crippen LogP contribution in [0, 0.1) is 0 Å². The van der Waals surface area contributed by atoms with Crippen LogP contribution >= 0.6 is 15.9 Å². The van der Waals surface area contributed by atoms with E-state index in [1.54, 1.807) is 7.05 Å². The molecule has 0 spiro atoms. The van der Waals surface area contributed by atoms with Gasteiger partial charge in [0.25, 0.3) is 0 Å². The van der Waals surface area contributed by atoms with E-state index in [2.05, 4.69) is 36.5 Å². The molecule has 5 nitrogen and oxygen atoms in total. The van der Waals surface area contributed by atoms with E-state index in [1.807, 2.05) is 30.3 Å². The first-order valence-corrected chi connectivity index (χ1v) is 6.27. The Morgan fingerprint density at radius 1 is 1.17 bits per heavy atom. The number of anilines is 3. The van der Waals surface area contributed by atoms with Crippen molar-refractivity contribution in [3.05, 3.63) is 40.4 Å². The molecule has 0 saturated carbocycles. The van der Waals surface area contributed by atoms with Crippen LogP contribution in [0.1, 0.15) is 5.56 Å². The third kappa shape index (κ3) is 3.33. The fourth-order valence-electron chi connectivity index (χ4n) is 1.48. The van der Waals surface area contributed by atoms with Crippen molar-refractivity contribution in [1.82, 2.24) is 9.97 Å². The van der Waals surface area contributed by atoms with E-state index in [4.69, 9.17) is 5.73 Å². The van der Waals surface area contributed by atoms with E-state index in [9.17, 15) is 0 Å². The number of halogens is 1. The molecule has 4 N–H and O–H groups in total. The Balaban J connectivity index is 2.05. The molecule has 0 atom stereocenters. The van der Waals surface area contributed by atoms with Gasteiger partial charge in [-0.15, -0.1) is 0 Å². The molecule has 1 aromatic heterocycles. The van der Waals surface area contributed by atoms with Crippen molar-refractivity contribution in [2.75, 3.05) is 23.4 Å². The van der Waals surface area contributed by atoms with Crippen molar-refractivity contribution in [3.63, 3.8) is 0 Å². The molecule has 1 heterocycles. The minimum absolute atomic E-state index is 0.250. The Labute approximate surface area is 114 Å². The largest absolute Gasteiger partial charge is 0.373 e. The summed E-state index contributed by atoms with van der Waals surface area (Å²) in [7, 11) is 1.79. The minimum Gasteiger partial charge on any atom is -0.373 e. The van der Waals surface area contributed by atoms with Crippen LogP contribution in [0.2, 0.25) is 0 Å². The average Bonchev–Trinajstić information content (AvgIpc) is 2.37. The van der Waals surface area contributed by atoms with E-state index in [1.165, 1.54) is 5.56 Å². The van der Waals surface area contributed by atoms with Crippen LogP contribution in [-0.2, 0) is 6.54 Å². The van der Waals surface area contributed by atoms with Gasteiger partial charge in [-0.2, -0.15) is 9.97 Å². The number of nitrogens with two attached hydrogens (primary N) is 1. The SMILES string of the molecule is CNc1cc(NCc2ccc(Br)cc2)nc(N)n1. The zero-order valence-electron chi connectivity index (χ0n) is 9.94. The second-order valence-electron chi connectivity index (χ2n) is 3.73. The van der Waals surface area contributed by atoms with Crippen molar-refractivity contribution in [2.24, 2.45) is 0 Å². The number of aromatic nitrogens is 2. The molecule has 0 saturated heterocycles. The number of nitrogens with one attached hydrogen (secondary N) is 2. The molecule has 1 aromatic carbocycles. The predicted octanol–water partition coefficient (Wildman–Crippen LogP) is 2.48. The Bertz CT molecular complexity index is 526. The molecule has 2 aromatic rings. The van der Waals surface area contributed by atoms with Crippen molar-refractivity contribution >= 4 is 33.5 Å². The van der Waals surface area contributed by atoms with Gasteiger partial charge < -0.3 is 16.4 Å². The molecule has 0 fully saturated rings. The van der Waals surface area contributed by atoms with Crippen LogP contribution in [0.25, 0.3) is 0 Å². The topological polar surface area (TPSA) is 75.9 Å². The van der Waals surface area contributed by atoms with Crippen LogP contribution in [0.15, 0.2) is 34.8 Å². The van der Waals surface area contributed by atoms with Crippen LogP contribution in [0.5, 0.6) is 0 Å².